The number of methoxy groups -OCH3 is 1. The number of primary amides is 1. The van der Waals surface area contributed by atoms with Crippen LogP contribution < -0.4 is 15.8 Å². The molecule has 9 heteroatoms. The maximum Gasteiger partial charge on any atom is 0.422 e. The largest absolute Gasteiger partial charge is 0.482 e. The number of nitrogens with two attached hydrogens (primary N) is 1. The Hall–Kier alpha value is -2.45. The van der Waals surface area contributed by atoms with Crippen molar-refractivity contribution in [3.8, 4) is 5.75 Å². The minimum absolute atomic E-state index is 0.0281. The van der Waals surface area contributed by atoms with Crippen LogP contribution in [0.2, 0.25) is 0 Å². The predicted octanol–water partition coefficient (Wildman–Crippen LogP) is 1.90. The molecule has 2 amide bonds. The number of amides is 2. The summed E-state index contributed by atoms with van der Waals surface area (Å²) in [5, 5.41) is 2.09. The van der Waals surface area contributed by atoms with Crippen LogP contribution in [0, 0.1) is 0 Å². The highest BCUT2D eigenvalue weighted by molar-refractivity contribution is 5.93. The van der Waals surface area contributed by atoms with E-state index in [1.807, 2.05) is 0 Å². The van der Waals surface area contributed by atoms with Crippen LogP contribution in [0.1, 0.15) is 10.4 Å². The van der Waals surface area contributed by atoms with Gasteiger partial charge in [0.25, 0.3) is 0 Å². The second kappa shape index (κ2) is 6.13. The van der Waals surface area contributed by atoms with Crippen molar-refractivity contribution in [2.45, 2.75) is 6.18 Å². The van der Waals surface area contributed by atoms with E-state index in [0.29, 0.717) is 0 Å². The first-order valence-electron chi connectivity index (χ1n) is 5.21. The molecule has 0 atom stereocenters. The Labute approximate surface area is 111 Å². The van der Waals surface area contributed by atoms with E-state index in [1.165, 1.54) is 12.1 Å². The zero-order valence-corrected chi connectivity index (χ0v) is 10.3. The van der Waals surface area contributed by atoms with E-state index < -0.39 is 24.8 Å². The van der Waals surface area contributed by atoms with Crippen molar-refractivity contribution in [1.82, 2.24) is 0 Å². The van der Waals surface area contributed by atoms with E-state index >= 15 is 0 Å². The summed E-state index contributed by atoms with van der Waals surface area (Å²) in [7, 11) is 1.12. The van der Waals surface area contributed by atoms with Crippen molar-refractivity contribution in [3.05, 3.63) is 23.8 Å². The first-order chi connectivity index (χ1) is 9.23. The van der Waals surface area contributed by atoms with Crippen LogP contribution in [0.15, 0.2) is 18.2 Å². The molecule has 0 bridgehead atoms. The van der Waals surface area contributed by atoms with Crippen molar-refractivity contribution < 1.29 is 32.2 Å². The third-order valence-corrected chi connectivity index (χ3v) is 2.05. The molecule has 0 radical (unpaired) electrons. The van der Waals surface area contributed by atoms with Crippen LogP contribution >= 0.6 is 0 Å². The average Bonchev–Trinajstić information content (AvgIpc) is 2.35. The number of ether oxygens (including phenoxy) is 2. The number of rotatable bonds is 4. The van der Waals surface area contributed by atoms with Gasteiger partial charge in [0.05, 0.1) is 18.4 Å². The van der Waals surface area contributed by atoms with Gasteiger partial charge in [-0.1, -0.05) is 0 Å². The molecule has 0 spiro atoms. The minimum Gasteiger partial charge on any atom is -0.482 e. The van der Waals surface area contributed by atoms with Gasteiger partial charge in [-0.25, -0.2) is 9.59 Å². The van der Waals surface area contributed by atoms with Crippen molar-refractivity contribution in [3.63, 3.8) is 0 Å². The first-order valence-corrected chi connectivity index (χ1v) is 5.21. The lowest BCUT2D eigenvalue weighted by atomic mass is 10.2. The van der Waals surface area contributed by atoms with Gasteiger partial charge in [0.1, 0.15) is 5.75 Å². The highest BCUT2D eigenvalue weighted by Crippen LogP contribution is 2.28. The van der Waals surface area contributed by atoms with Gasteiger partial charge in [0, 0.05) is 0 Å². The summed E-state index contributed by atoms with van der Waals surface area (Å²) in [5.41, 5.74) is 4.76. The van der Waals surface area contributed by atoms with Gasteiger partial charge >= 0.3 is 18.2 Å². The maximum atomic E-state index is 12.1. The number of anilines is 1. The lowest BCUT2D eigenvalue weighted by molar-refractivity contribution is -0.153. The van der Waals surface area contributed by atoms with Crippen LogP contribution in [-0.2, 0) is 4.74 Å². The highest BCUT2D eigenvalue weighted by atomic mass is 19.4. The number of benzene rings is 1. The molecule has 0 saturated carbocycles. The van der Waals surface area contributed by atoms with E-state index in [4.69, 9.17) is 5.73 Å². The number of nitrogens with one attached hydrogen (secondary N) is 1. The number of carbonyl (C=O) groups excluding carboxylic acids is 2. The van der Waals surface area contributed by atoms with Crippen LogP contribution in [0.5, 0.6) is 5.75 Å². The fourth-order valence-electron chi connectivity index (χ4n) is 1.28. The summed E-state index contributed by atoms with van der Waals surface area (Å²) in [6.07, 6.45) is -4.56. The fourth-order valence-corrected chi connectivity index (χ4v) is 1.28. The van der Waals surface area contributed by atoms with Gasteiger partial charge in [0.15, 0.2) is 6.61 Å². The minimum atomic E-state index is -4.56. The summed E-state index contributed by atoms with van der Waals surface area (Å²) in [6, 6.07) is 2.47. The van der Waals surface area contributed by atoms with Crippen LogP contribution in [0.25, 0.3) is 0 Å². The van der Waals surface area contributed by atoms with E-state index in [2.05, 4.69) is 14.8 Å². The zero-order valence-electron chi connectivity index (χ0n) is 10.3. The Morgan fingerprint density at radius 2 is 2.00 bits per heavy atom. The number of hydrogen-bond acceptors (Lipinski definition) is 4. The maximum absolute atomic E-state index is 12.1. The molecule has 0 heterocycles. The Morgan fingerprint density at radius 1 is 1.35 bits per heavy atom. The molecule has 1 aromatic rings. The molecule has 20 heavy (non-hydrogen) atoms. The summed E-state index contributed by atoms with van der Waals surface area (Å²) in [5.74, 6) is -1.10. The summed E-state index contributed by atoms with van der Waals surface area (Å²) in [6.45, 7) is -1.58. The average molecular weight is 292 g/mol. The second-order valence-corrected chi connectivity index (χ2v) is 3.60. The summed E-state index contributed by atoms with van der Waals surface area (Å²) >= 11 is 0. The molecule has 0 aliphatic carbocycles. The van der Waals surface area contributed by atoms with Gasteiger partial charge in [0.2, 0.25) is 0 Å². The normalized spacial score (nSPS) is 10.8. The van der Waals surface area contributed by atoms with Gasteiger partial charge < -0.3 is 20.5 Å². The topological polar surface area (TPSA) is 90.6 Å². The number of hydrogen-bond donors (Lipinski definition) is 2. The van der Waals surface area contributed by atoms with Crippen molar-refractivity contribution in [1.29, 1.82) is 0 Å². The van der Waals surface area contributed by atoms with Crippen LogP contribution in [0.3, 0.4) is 0 Å². The molecule has 110 valence electrons. The molecule has 6 nitrogen and oxygen atoms in total. The van der Waals surface area contributed by atoms with Crippen molar-refractivity contribution in [2.24, 2.45) is 5.73 Å². The molecule has 1 rings (SSSR count). The van der Waals surface area contributed by atoms with E-state index in [1.54, 1.807) is 0 Å². The Kier molecular flexibility index (Phi) is 4.78. The van der Waals surface area contributed by atoms with Crippen molar-refractivity contribution >= 4 is 17.7 Å². The van der Waals surface area contributed by atoms with E-state index in [9.17, 15) is 22.8 Å². The molecular formula is C11H11F3N2O4. The molecule has 0 saturated heterocycles. The highest BCUT2D eigenvalue weighted by Gasteiger charge is 2.29. The smallest absolute Gasteiger partial charge is 0.422 e. The molecule has 0 aliphatic rings. The number of carbonyl (C=O) groups is 2. The number of urea groups is 1. The SMILES string of the molecule is COC(=O)c1ccc(NC(N)=O)c(OCC(F)(F)F)c1. The van der Waals surface area contributed by atoms with Crippen LogP contribution in [0.4, 0.5) is 23.7 Å². The Bertz CT molecular complexity index is 517. The number of esters is 1. The van der Waals surface area contributed by atoms with Crippen molar-refractivity contribution in [2.75, 3.05) is 19.0 Å². The molecule has 0 aromatic heterocycles. The monoisotopic (exact) mass is 292 g/mol. The van der Waals surface area contributed by atoms with E-state index in [0.717, 1.165) is 13.2 Å². The van der Waals surface area contributed by atoms with Gasteiger partial charge in [-0.3, -0.25) is 0 Å². The third kappa shape index (κ3) is 4.67. The third-order valence-electron chi connectivity index (χ3n) is 2.05. The summed E-state index contributed by atoms with van der Waals surface area (Å²) < 4.78 is 45.4. The first kappa shape index (κ1) is 15.6. The molecule has 0 fully saturated rings. The molecule has 1 aromatic carbocycles. The molecule has 0 unspecified atom stereocenters. The summed E-state index contributed by atoms with van der Waals surface area (Å²) in [4.78, 5) is 22.0. The lowest BCUT2D eigenvalue weighted by Gasteiger charge is -2.14. The Morgan fingerprint density at radius 3 is 2.50 bits per heavy atom. The number of alkyl halides is 3. The van der Waals surface area contributed by atoms with Gasteiger partial charge in [-0.15, -0.1) is 0 Å². The zero-order chi connectivity index (χ0) is 15.3. The Balaban J connectivity index is 3.05. The molecular weight excluding hydrogens is 281 g/mol. The van der Waals surface area contributed by atoms with Crippen LogP contribution in [-0.4, -0.2) is 31.9 Å². The van der Waals surface area contributed by atoms with Gasteiger partial charge in [-0.2, -0.15) is 13.2 Å². The van der Waals surface area contributed by atoms with E-state index in [-0.39, 0.29) is 17.0 Å². The van der Waals surface area contributed by atoms with Gasteiger partial charge in [-0.05, 0) is 18.2 Å². The molecule has 3 N–H and O–H groups in total. The lowest BCUT2D eigenvalue weighted by Crippen LogP contribution is -2.22. The standard InChI is InChI=1S/C11H11F3N2O4/c1-19-9(17)6-2-3-7(16-10(15)18)8(4-6)20-5-11(12,13)14/h2-4H,5H2,1H3,(H3,15,16,18). The quantitative estimate of drug-likeness (QED) is 0.829. The second-order valence-electron chi connectivity index (χ2n) is 3.60. The fraction of sp³-hybridized carbons (Fsp3) is 0.273. The number of halogens is 3. The molecule has 0 aliphatic heterocycles. The predicted molar refractivity (Wildman–Crippen MR) is 62.5 cm³/mol.